The van der Waals surface area contributed by atoms with E-state index in [1.54, 1.807) is 6.07 Å². The molecule has 12 heavy (non-hydrogen) atoms. The van der Waals surface area contributed by atoms with Crippen LogP contribution in [0.2, 0.25) is 0 Å². The van der Waals surface area contributed by atoms with E-state index in [1.807, 2.05) is 0 Å². The van der Waals surface area contributed by atoms with Crippen molar-refractivity contribution in [2.45, 2.75) is 6.61 Å². The second-order valence-electron chi connectivity index (χ2n) is 2.08. The molecule has 1 N–H and O–H groups in total. The molecule has 1 rings (SSSR count). The lowest BCUT2D eigenvalue weighted by Gasteiger charge is -1.97. The van der Waals surface area contributed by atoms with E-state index in [2.05, 4.69) is 25.7 Å². The average Bonchev–Trinajstić information content (AvgIpc) is 2.07. The van der Waals surface area contributed by atoms with Gasteiger partial charge in [-0.3, -0.25) is 9.59 Å². The van der Waals surface area contributed by atoms with E-state index in [-0.39, 0.29) is 12.2 Å². The van der Waals surface area contributed by atoms with Crippen molar-refractivity contribution in [3.63, 3.8) is 0 Å². The number of carbonyl (C=O) groups is 1. The van der Waals surface area contributed by atoms with Crippen LogP contribution in [0.15, 0.2) is 21.5 Å². The van der Waals surface area contributed by atoms with Crippen molar-refractivity contribution < 1.29 is 9.53 Å². The monoisotopic (exact) mass is 231 g/mol. The standard InChI is InChI=1S/C7H6BrNO3/c8-6-1-5(3-12-4-10)7(11)9-2-6/h1-2,4H,3H2,(H,9,11). The van der Waals surface area contributed by atoms with Crippen LogP contribution in [-0.2, 0) is 16.1 Å². The SMILES string of the molecule is O=COCc1cc(Br)c[nH]c1=O. The number of pyridine rings is 1. The molecule has 0 aliphatic rings. The molecule has 1 aromatic heterocycles. The summed E-state index contributed by atoms with van der Waals surface area (Å²) in [5.74, 6) is 0. The lowest BCUT2D eigenvalue weighted by atomic mass is 10.3. The van der Waals surface area contributed by atoms with Crippen LogP contribution in [0.5, 0.6) is 0 Å². The number of aromatic amines is 1. The zero-order valence-corrected chi connectivity index (χ0v) is 7.63. The smallest absolute Gasteiger partial charge is 0.293 e. The summed E-state index contributed by atoms with van der Waals surface area (Å²) in [5.41, 5.74) is 0.163. The highest BCUT2D eigenvalue weighted by Gasteiger charge is 1.99. The van der Waals surface area contributed by atoms with Crippen molar-refractivity contribution >= 4 is 22.4 Å². The fourth-order valence-electron chi connectivity index (χ4n) is 0.732. The van der Waals surface area contributed by atoms with Gasteiger partial charge < -0.3 is 9.72 Å². The van der Waals surface area contributed by atoms with Gasteiger partial charge in [0.15, 0.2) is 0 Å². The third-order valence-electron chi connectivity index (χ3n) is 1.25. The van der Waals surface area contributed by atoms with Crippen LogP contribution in [0.1, 0.15) is 5.56 Å². The summed E-state index contributed by atoms with van der Waals surface area (Å²) in [6.45, 7) is 0.304. The van der Waals surface area contributed by atoms with Gasteiger partial charge in [0.25, 0.3) is 12.0 Å². The van der Waals surface area contributed by atoms with Crippen molar-refractivity contribution in [1.29, 1.82) is 0 Å². The highest BCUT2D eigenvalue weighted by Crippen LogP contribution is 2.06. The Morgan fingerprint density at radius 3 is 3.08 bits per heavy atom. The second-order valence-corrected chi connectivity index (χ2v) is 3.00. The largest absolute Gasteiger partial charge is 0.463 e. The van der Waals surface area contributed by atoms with Crippen LogP contribution in [0.3, 0.4) is 0 Å². The molecule has 4 nitrogen and oxygen atoms in total. The Balaban J connectivity index is 2.89. The van der Waals surface area contributed by atoms with Crippen LogP contribution < -0.4 is 5.56 Å². The Hall–Kier alpha value is -1.10. The van der Waals surface area contributed by atoms with Gasteiger partial charge in [-0.25, -0.2) is 0 Å². The van der Waals surface area contributed by atoms with Gasteiger partial charge in [0.2, 0.25) is 0 Å². The molecule has 0 aromatic carbocycles. The third kappa shape index (κ3) is 2.20. The normalized spacial score (nSPS) is 9.42. The van der Waals surface area contributed by atoms with E-state index < -0.39 is 0 Å². The lowest BCUT2D eigenvalue weighted by molar-refractivity contribution is -0.129. The molecule has 0 spiro atoms. The first-order valence-electron chi connectivity index (χ1n) is 3.16. The number of carbonyl (C=O) groups excluding carboxylic acids is 1. The summed E-state index contributed by atoms with van der Waals surface area (Å²) >= 11 is 3.17. The maximum absolute atomic E-state index is 11.0. The van der Waals surface area contributed by atoms with Crippen molar-refractivity contribution in [2.75, 3.05) is 0 Å². The van der Waals surface area contributed by atoms with Gasteiger partial charge in [-0.1, -0.05) is 0 Å². The molecule has 0 unspecified atom stereocenters. The number of ether oxygens (including phenoxy) is 1. The fraction of sp³-hybridized carbons (Fsp3) is 0.143. The summed E-state index contributed by atoms with van der Waals surface area (Å²) in [7, 11) is 0. The minimum absolute atomic E-state index is 0.00171. The first kappa shape index (κ1) is 8.99. The molecule has 0 aliphatic heterocycles. The van der Waals surface area contributed by atoms with Crippen LogP contribution in [0.25, 0.3) is 0 Å². The predicted molar refractivity (Wildman–Crippen MR) is 45.6 cm³/mol. The van der Waals surface area contributed by atoms with Crippen LogP contribution in [0.4, 0.5) is 0 Å². The minimum Gasteiger partial charge on any atom is -0.463 e. The molecule has 0 saturated heterocycles. The van der Waals surface area contributed by atoms with Crippen LogP contribution in [0, 0.1) is 0 Å². The van der Waals surface area contributed by atoms with Gasteiger partial charge in [0.05, 0.1) is 5.56 Å². The van der Waals surface area contributed by atoms with E-state index in [9.17, 15) is 9.59 Å². The summed E-state index contributed by atoms with van der Waals surface area (Å²) in [5, 5.41) is 0. The highest BCUT2D eigenvalue weighted by atomic mass is 79.9. The molecule has 0 atom stereocenters. The van der Waals surface area contributed by atoms with E-state index in [4.69, 9.17) is 0 Å². The number of rotatable bonds is 3. The zero-order valence-electron chi connectivity index (χ0n) is 6.04. The van der Waals surface area contributed by atoms with Gasteiger partial charge in [0, 0.05) is 10.7 Å². The Morgan fingerprint density at radius 1 is 1.67 bits per heavy atom. The molecular formula is C7H6BrNO3. The molecule has 64 valence electrons. The van der Waals surface area contributed by atoms with Crippen molar-refractivity contribution in [1.82, 2.24) is 4.98 Å². The van der Waals surface area contributed by atoms with Crippen molar-refractivity contribution in [2.24, 2.45) is 0 Å². The quantitative estimate of drug-likeness (QED) is 0.784. The summed E-state index contributed by atoms with van der Waals surface area (Å²) < 4.78 is 5.18. The van der Waals surface area contributed by atoms with Gasteiger partial charge >= 0.3 is 0 Å². The zero-order chi connectivity index (χ0) is 8.97. The number of nitrogens with one attached hydrogen (secondary N) is 1. The third-order valence-corrected chi connectivity index (χ3v) is 1.71. The molecule has 0 radical (unpaired) electrons. The topological polar surface area (TPSA) is 59.2 Å². The second kappa shape index (κ2) is 4.06. The van der Waals surface area contributed by atoms with E-state index in [1.165, 1.54) is 6.20 Å². The molecular weight excluding hydrogens is 226 g/mol. The molecule has 0 saturated carbocycles. The van der Waals surface area contributed by atoms with Crippen molar-refractivity contribution in [3.05, 3.63) is 32.7 Å². The Bertz CT molecular complexity index is 334. The van der Waals surface area contributed by atoms with Gasteiger partial charge in [-0.15, -0.1) is 0 Å². The Kier molecular flexibility index (Phi) is 3.04. The van der Waals surface area contributed by atoms with Gasteiger partial charge in [0.1, 0.15) is 6.61 Å². The number of aromatic nitrogens is 1. The molecule has 1 heterocycles. The fourth-order valence-corrected chi connectivity index (χ4v) is 1.12. The first-order valence-corrected chi connectivity index (χ1v) is 3.95. The number of hydrogen-bond acceptors (Lipinski definition) is 3. The Labute approximate surface area is 76.7 Å². The van der Waals surface area contributed by atoms with E-state index in [0.717, 1.165) is 4.47 Å². The first-order chi connectivity index (χ1) is 5.74. The number of hydrogen-bond donors (Lipinski definition) is 1. The molecule has 0 amide bonds. The predicted octanol–water partition coefficient (Wildman–Crippen LogP) is 0.810. The number of halogens is 1. The number of H-pyrrole nitrogens is 1. The maximum atomic E-state index is 11.0. The molecule has 0 aliphatic carbocycles. The van der Waals surface area contributed by atoms with E-state index >= 15 is 0 Å². The van der Waals surface area contributed by atoms with Crippen molar-refractivity contribution in [3.8, 4) is 0 Å². The van der Waals surface area contributed by atoms with Gasteiger partial charge in [-0.05, 0) is 22.0 Å². The van der Waals surface area contributed by atoms with E-state index in [0.29, 0.717) is 12.0 Å². The highest BCUT2D eigenvalue weighted by molar-refractivity contribution is 9.10. The van der Waals surface area contributed by atoms with Gasteiger partial charge in [-0.2, -0.15) is 0 Å². The van der Waals surface area contributed by atoms with Crippen LogP contribution in [-0.4, -0.2) is 11.5 Å². The molecule has 0 bridgehead atoms. The summed E-state index contributed by atoms with van der Waals surface area (Å²) in [6.07, 6.45) is 1.52. The summed E-state index contributed by atoms with van der Waals surface area (Å²) in [4.78, 5) is 23.3. The molecule has 0 fully saturated rings. The lowest BCUT2D eigenvalue weighted by Crippen LogP contribution is -2.12. The Morgan fingerprint density at radius 2 is 2.42 bits per heavy atom. The summed E-state index contributed by atoms with van der Waals surface area (Å²) in [6, 6.07) is 1.60. The minimum atomic E-state index is -0.250. The average molecular weight is 232 g/mol. The molecule has 1 aromatic rings. The maximum Gasteiger partial charge on any atom is 0.293 e. The molecule has 5 heteroatoms. The van der Waals surface area contributed by atoms with Crippen LogP contribution >= 0.6 is 15.9 Å².